The Bertz CT molecular complexity index is 613. The van der Waals surface area contributed by atoms with Crippen LogP contribution in [0.25, 0.3) is 10.9 Å². The zero-order chi connectivity index (χ0) is 11.7. The lowest BCUT2D eigenvalue weighted by molar-refractivity contribution is 0.112. The molecule has 0 fully saturated rings. The molecule has 0 atom stereocenters. The number of fused-ring (bicyclic) bond motifs is 1. The zero-order valence-corrected chi connectivity index (χ0v) is 9.03. The van der Waals surface area contributed by atoms with Gasteiger partial charge in [0, 0.05) is 10.9 Å². The van der Waals surface area contributed by atoms with E-state index in [-0.39, 0.29) is 11.1 Å². The van der Waals surface area contributed by atoms with Gasteiger partial charge in [-0.15, -0.1) is 0 Å². The summed E-state index contributed by atoms with van der Waals surface area (Å²) in [6.45, 7) is 1.75. The van der Waals surface area contributed by atoms with Crippen molar-refractivity contribution in [2.75, 3.05) is 7.11 Å². The maximum absolute atomic E-state index is 11.5. The predicted molar refractivity (Wildman–Crippen MR) is 61.2 cm³/mol. The molecule has 0 radical (unpaired) electrons. The van der Waals surface area contributed by atoms with Gasteiger partial charge in [-0.25, -0.2) is 0 Å². The smallest absolute Gasteiger partial charge is 0.259 e. The van der Waals surface area contributed by atoms with Crippen molar-refractivity contribution in [2.24, 2.45) is 0 Å². The standard InChI is InChI=1S/C12H11NO3/c1-7-9-5-8(16-2)3-4-11(9)13-12(15)10(7)6-14/h3-6H,1-2H3,(H,13,15). The quantitative estimate of drug-likeness (QED) is 0.778. The first kappa shape index (κ1) is 10.4. The molecule has 0 aliphatic heterocycles. The van der Waals surface area contributed by atoms with Crippen LogP contribution in [0.2, 0.25) is 0 Å². The lowest BCUT2D eigenvalue weighted by Gasteiger charge is -2.06. The van der Waals surface area contributed by atoms with Crippen LogP contribution in [0.3, 0.4) is 0 Å². The highest BCUT2D eigenvalue weighted by atomic mass is 16.5. The molecule has 4 heteroatoms. The average molecular weight is 217 g/mol. The van der Waals surface area contributed by atoms with Gasteiger partial charge in [0.15, 0.2) is 6.29 Å². The number of aromatic amines is 1. The summed E-state index contributed by atoms with van der Waals surface area (Å²) in [4.78, 5) is 25.0. The topological polar surface area (TPSA) is 59.2 Å². The van der Waals surface area contributed by atoms with Crippen molar-refractivity contribution in [1.82, 2.24) is 4.98 Å². The molecule has 0 saturated heterocycles. The normalized spacial score (nSPS) is 10.4. The molecule has 1 N–H and O–H groups in total. The Labute approximate surface area is 91.9 Å². The summed E-state index contributed by atoms with van der Waals surface area (Å²) in [6, 6.07) is 5.32. The third kappa shape index (κ3) is 1.48. The summed E-state index contributed by atoms with van der Waals surface area (Å²) in [7, 11) is 1.57. The highest BCUT2D eigenvalue weighted by Gasteiger charge is 2.08. The molecule has 0 aliphatic rings. The van der Waals surface area contributed by atoms with Crippen molar-refractivity contribution in [2.45, 2.75) is 6.92 Å². The Morgan fingerprint density at radius 2 is 2.12 bits per heavy atom. The van der Waals surface area contributed by atoms with Crippen molar-refractivity contribution < 1.29 is 9.53 Å². The summed E-state index contributed by atoms with van der Waals surface area (Å²) in [5.74, 6) is 0.694. The minimum atomic E-state index is -0.356. The SMILES string of the molecule is COc1ccc2[nH]c(=O)c(C=O)c(C)c2c1. The highest BCUT2D eigenvalue weighted by molar-refractivity contribution is 5.90. The lowest BCUT2D eigenvalue weighted by atomic mass is 10.1. The molecule has 2 aromatic rings. The van der Waals surface area contributed by atoms with Gasteiger partial charge >= 0.3 is 0 Å². The van der Waals surface area contributed by atoms with Gasteiger partial charge < -0.3 is 9.72 Å². The Morgan fingerprint density at radius 3 is 2.75 bits per heavy atom. The number of H-pyrrole nitrogens is 1. The molecule has 0 saturated carbocycles. The van der Waals surface area contributed by atoms with Crippen molar-refractivity contribution in [3.63, 3.8) is 0 Å². The number of benzene rings is 1. The van der Waals surface area contributed by atoms with E-state index in [9.17, 15) is 9.59 Å². The first-order chi connectivity index (χ1) is 7.67. The molecule has 4 nitrogen and oxygen atoms in total. The second-order valence-corrected chi connectivity index (χ2v) is 3.52. The van der Waals surface area contributed by atoms with E-state index in [0.717, 1.165) is 5.39 Å². The number of ether oxygens (including phenoxy) is 1. The van der Waals surface area contributed by atoms with E-state index in [1.807, 2.05) is 0 Å². The van der Waals surface area contributed by atoms with E-state index in [0.29, 0.717) is 23.1 Å². The molecule has 0 spiro atoms. The summed E-state index contributed by atoms with van der Waals surface area (Å²) >= 11 is 0. The number of aryl methyl sites for hydroxylation is 1. The van der Waals surface area contributed by atoms with Gasteiger partial charge in [0.25, 0.3) is 5.56 Å². The molecule has 0 amide bonds. The van der Waals surface area contributed by atoms with E-state index in [2.05, 4.69) is 4.98 Å². The molecule has 16 heavy (non-hydrogen) atoms. The van der Waals surface area contributed by atoms with Crippen molar-refractivity contribution in [1.29, 1.82) is 0 Å². The number of aromatic nitrogens is 1. The van der Waals surface area contributed by atoms with Gasteiger partial charge in [-0.2, -0.15) is 0 Å². The van der Waals surface area contributed by atoms with E-state index < -0.39 is 0 Å². The molecule has 1 aromatic carbocycles. The summed E-state index contributed by atoms with van der Waals surface area (Å²) < 4.78 is 5.10. The van der Waals surface area contributed by atoms with Crippen LogP contribution in [0.1, 0.15) is 15.9 Å². The number of carbonyl (C=O) groups excluding carboxylic acids is 1. The van der Waals surface area contributed by atoms with Crippen LogP contribution in [0.15, 0.2) is 23.0 Å². The first-order valence-corrected chi connectivity index (χ1v) is 4.83. The zero-order valence-electron chi connectivity index (χ0n) is 9.03. The van der Waals surface area contributed by atoms with Gasteiger partial charge in [0.05, 0.1) is 12.7 Å². The van der Waals surface area contributed by atoms with Gasteiger partial charge in [0.2, 0.25) is 0 Å². The van der Waals surface area contributed by atoms with Crippen LogP contribution in [-0.4, -0.2) is 18.4 Å². The molecule has 2 rings (SSSR count). The molecule has 0 unspecified atom stereocenters. The average Bonchev–Trinajstić information content (AvgIpc) is 2.29. The molecule has 0 aliphatic carbocycles. The van der Waals surface area contributed by atoms with Gasteiger partial charge in [0.1, 0.15) is 5.75 Å². The number of rotatable bonds is 2. The number of nitrogens with one attached hydrogen (secondary N) is 1. The Kier molecular flexibility index (Phi) is 2.48. The molecule has 1 heterocycles. The molecular weight excluding hydrogens is 206 g/mol. The summed E-state index contributed by atoms with van der Waals surface area (Å²) in [5, 5.41) is 0.820. The second-order valence-electron chi connectivity index (χ2n) is 3.52. The van der Waals surface area contributed by atoms with Gasteiger partial charge in [-0.3, -0.25) is 9.59 Å². The van der Waals surface area contributed by atoms with Crippen LogP contribution in [-0.2, 0) is 0 Å². The van der Waals surface area contributed by atoms with Crippen LogP contribution in [0.5, 0.6) is 5.75 Å². The van der Waals surface area contributed by atoms with Crippen LogP contribution < -0.4 is 10.3 Å². The highest BCUT2D eigenvalue weighted by Crippen LogP contribution is 2.22. The van der Waals surface area contributed by atoms with E-state index in [1.54, 1.807) is 32.2 Å². The third-order valence-electron chi connectivity index (χ3n) is 2.65. The summed E-state index contributed by atoms with van der Waals surface area (Å²) in [5.41, 5.74) is 1.19. The molecule has 0 bridgehead atoms. The largest absolute Gasteiger partial charge is 0.497 e. The number of hydrogen-bond donors (Lipinski definition) is 1. The Morgan fingerprint density at radius 1 is 1.38 bits per heavy atom. The second kappa shape index (κ2) is 3.81. The van der Waals surface area contributed by atoms with E-state index in [1.165, 1.54) is 0 Å². The van der Waals surface area contributed by atoms with Crippen LogP contribution >= 0.6 is 0 Å². The Hall–Kier alpha value is -2.10. The van der Waals surface area contributed by atoms with Gasteiger partial charge in [-0.05, 0) is 30.7 Å². The maximum atomic E-state index is 11.5. The predicted octanol–water partition coefficient (Wildman–Crippen LogP) is 1.66. The first-order valence-electron chi connectivity index (χ1n) is 4.83. The number of methoxy groups -OCH3 is 1. The summed E-state index contributed by atoms with van der Waals surface area (Å²) in [6.07, 6.45) is 0.576. The molecular formula is C12H11NO3. The fourth-order valence-electron chi connectivity index (χ4n) is 1.72. The van der Waals surface area contributed by atoms with Crippen LogP contribution in [0, 0.1) is 6.92 Å². The minimum Gasteiger partial charge on any atom is -0.497 e. The van der Waals surface area contributed by atoms with Crippen LogP contribution in [0.4, 0.5) is 0 Å². The Balaban J connectivity index is 2.89. The van der Waals surface area contributed by atoms with Crippen molar-refractivity contribution >= 4 is 17.2 Å². The number of aldehydes is 1. The fourth-order valence-corrected chi connectivity index (χ4v) is 1.72. The molecule has 82 valence electrons. The third-order valence-corrected chi connectivity index (χ3v) is 2.65. The van der Waals surface area contributed by atoms with Crippen molar-refractivity contribution in [3.8, 4) is 5.75 Å². The van der Waals surface area contributed by atoms with Crippen molar-refractivity contribution in [3.05, 3.63) is 39.7 Å². The minimum absolute atomic E-state index is 0.167. The van der Waals surface area contributed by atoms with E-state index in [4.69, 9.17) is 4.74 Å². The maximum Gasteiger partial charge on any atom is 0.259 e. The fraction of sp³-hybridized carbons (Fsp3) is 0.167. The van der Waals surface area contributed by atoms with Gasteiger partial charge in [-0.1, -0.05) is 0 Å². The number of carbonyl (C=O) groups is 1. The van der Waals surface area contributed by atoms with E-state index >= 15 is 0 Å². The number of hydrogen-bond acceptors (Lipinski definition) is 3. The monoisotopic (exact) mass is 217 g/mol. The molecule has 1 aromatic heterocycles. The number of pyridine rings is 1. The lowest BCUT2D eigenvalue weighted by Crippen LogP contribution is -2.14.